The Balaban J connectivity index is 1.82. The van der Waals surface area contributed by atoms with E-state index in [1.807, 2.05) is 6.07 Å². The second-order valence-corrected chi connectivity index (χ2v) is 8.04. The van der Waals surface area contributed by atoms with E-state index in [0.29, 0.717) is 29.0 Å². The Labute approximate surface area is 176 Å². The molecule has 1 aromatic rings. The van der Waals surface area contributed by atoms with Gasteiger partial charge in [-0.25, -0.2) is 0 Å². The standard InChI is InChI=1S/C22H29N3O5/c1-24(18-7-8-19(28)23-21(18)29)22(30)20-16(14-27)5-2-6-17(20)25-11-9-15(10-12-25)4-3-13-26/h2,5-6,14-15,18,26H,3-4,7-13H2,1H3,(H,23,28,29). The predicted molar refractivity (Wildman–Crippen MR) is 111 cm³/mol. The van der Waals surface area contributed by atoms with Crippen LogP contribution in [0.3, 0.4) is 0 Å². The van der Waals surface area contributed by atoms with E-state index in [1.54, 1.807) is 12.1 Å². The maximum absolute atomic E-state index is 13.4. The molecule has 0 radical (unpaired) electrons. The van der Waals surface area contributed by atoms with Gasteiger partial charge in [0.15, 0.2) is 6.29 Å². The van der Waals surface area contributed by atoms with Gasteiger partial charge in [0, 0.05) is 38.7 Å². The van der Waals surface area contributed by atoms with Gasteiger partial charge in [0.25, 0.3) is 5.91 Å². The molecule has 8 heteroatoms. The van der Waals surface area contributed by atoms with Gasteiger partial charge >= 0.3 is 0 Å². The number of anilines is 1. The molecule has 1 aromatic carbocycles. The summed E-state index contributed by atoms with van der Waals surface area (Å²) in [6.07, 6.45) is 4.82. The molecule has 2 fully saturated rings. The summed E-state index contributed by atoms with van der Waals surface area (Å²) in [5, 5.41) is 11.3. The molecule has 2 saturated heterocycles. The average molecular weight is 415 g/mol. The molecule has 0 spiro atoms. The fourth-order valence-corrected chi connectivity index (χ4v) is 4.36. The van der Waals surface area contributed by atoms with Crippen LogP contribution in [0, 0.1) is 5.92 Å². The fourth-order valence-electron chi connectivity index (χ4n) is 4.36. The molecule has 0 aromatic heterocycles. The number of amides is 3. The quantitative estimate of drug-likeness (QED) is 0.514. The summed E-state index contributed by atoms with van der Waals surface area (Å²) in [6, 6.07) is 4.47. The van der Waals surface area contributed by atoms with Crippen molar-refractivity contribution in [1.82, 2.24) is 10.2 Å². The van der Waals surface area contributed by atoms with E-state index >= 15 is 0 Å². The molecule has 1 atom stereocenters. The number of carbonyl (C=O) groups excluding carboxylic acids is 4. The Morgan fingerprint density at radius 1 is 1.27 bits per heavy atom. The molecule has 3 amide bonds. The molecule has 162 valence electrons. The van der Waals surface area contributed by atoms with Gasteiger partial charge in [0.05, 0.1) is 11.3 Å². The van der Waals surface area contributed by atoms with Gasteiger partial charge in [0.1, 0.15) is 6.04 Å². The van der Waals surface area contributed by atoms with Gasteiger partial charge in [-0.1, -0.05) is 12.1 Å². The Morgan fingerprint density at radius 2 is 2.00 bits per heavy atom. The third-order valence-electron chi connectivity index (χ3n) is 6.14. The van der Waals surface area contributed by atoms with Crippen LogP contribution in [0.1, 0.15) is 59.2 Å². The zero-order valence-electron chi connectivity index (χ0n) is 17.3. The van der Waals surface area contributed by atoms with E-state index in [0.717, 1.165) is 38.8 Å². The lowest BCUT2D eigenvalue weighted by Gasteiger charge is -2.36. The summed E-state index contributed by atoms with van der Waals surface area (Å²) < 4.78 is 0. The Morgan fingerprint density at radius 3 is 2.63 bits per heavy atom. The number of likely N-dealkylation sites (N-methyl/N-ethyl adjacent to an activating group) is 1. The van der Waals surface area contributed by atoms with Gasteiger partial charge < -0.3 is 14.9 Å². The monoisotopic (exact) mass is 415 g/mol. The third kappa shape index (κ3) is 4.70. The number of rotatable bonds is 7. The predicted octanol–water partition coefficient (Wildman–Crippen LogP) is 1.37. The van der Waals surface area contributed by atoms with E-state index < -0.39 is 17.9 Å². The number of aliphatic hydroxyl groups excluding tert-OH is 1. The number of hydrogen-bond acceptors (Lipinski definition) is 6. The highest BCUT2D eigenvalue weighted by Gasteiger charge is 2.35. The van der Waals surface area contributed by atoms with Crippen molar-refractivity contribution in [1.29, 1.82) is 0 Å². The molecule has 2 aliphatic heterocycles. The Bertz CT molecular complexity index is 817. The van der Waals surface area contributed by atoms with Crippen LogP contribution in [0.2, 0.25) is 0 Å². The van der Waals surface area contributed by atoms with Crippen LogP contribution in [0.25, 0.3) is 0 Å². The highest BCUT2D eigenvalue weighted by atomic mass is 16.3. The van der Waals surface area contributed by atoms with Crippen LogP contribution in [0.5, 0.6) is 0 Å². The minimum Gasteiger partial charge on any atom is -0.396 e. The van der Waals surface area contributed by atoms with Crippen LogP contribution in [0.4, 0.5) is 5.69 Å². The molecule has 8 nitrogen and oxygen atoms in total. The molecule has 2 N–H and O–H groups in total. The average Bonchev–Trinajstić information content (AvgIpc) is 2.76. The van der Waals surface area contributed by atoms with Crippen molar-refractivity contribution in [2.45, 2.75) is 44.6 Å². The van der Waals surface area contributed by atoms with Crippen LogP contribution in [0.15, 0.2) is 18.2 Å². The number of nitrogens with one attached hydrogen (secondary N) is 1. The van der Waals surface area contributed by atoms with Gasteiger partial charge in [-0.05, 0) is 44.1 Å². The Kier molecular flexibility index (Phi) is 7.20. The summed E-state index contributed by atoms with van der Waals surface area (Å²) in [5.41, 5.74) is 1.29. The van der Waals surface area contributed by atoms with Gasteiger partial charge in [-0.3, -0.25) is 24.5 Å². The van der Waals surface area contributed by atoms with Crippen molar-refractivity contribution in [2.75, 3.05) is 31.6 Å². The third-order valence-corrected chi connectivity index (χ3v) is 6.14. The topological polar surface area (TPSA) is 107 Å². The lowest BCUT2D eigenvalue weighted by atomic mass is 9.91. The highest BCUT2D eigenvalue weighted by Crippen LogP contribution is 2.31. The number of carbonyl (C=O) groups is 4. The zero-order chi connectivity index (χ0) is 21.7. The minimum absolute atomic E-state index is 0.178. The molecule has 0 bridgehead atoms. The molecule has 2 heterocycles. The van der Waals surface area contributed by atoms with Gasteiger partial charge in [-0.15, -0.1) is 0 Å². The maximum Gasteiger partial charge on any atom is 0.257 e. The number of hydrogen-bond donors (Lipinski definition) is 2. The summed E-state index contributed by atoms with van der Waals surface area (Å²) in [6.45, 7) is 1.73. The number of nitrogens with zero attached hydrogens (tertiary/aromatic N) is 2. The van der Waals surface area contributed by atoms with E-state index in [-0.39, 0.29) is 25.4 Å². The molecule has 0 saturated carbocycles. The number of benzene rings is 1. The van der Waals surface area contributed by atoms with Crippen molar-refractivity contribution in [3.63, 3.8) is 0 Å². The number of imide groups is 1. The van der Waals surface area contributed by atoms with E-state index in [9.17, 15) is 19.2 Å². The maximum atomic E-state index is 13.4. The highest BCUT2D eigenvalue weighted by molar-refractivity contribution is 6.09. The first-order valence-corrected chi connectivity index (χ1v) is 10.5. The van der Waals surface area contributed by atoms with Gasteiger partial charge in [0.2, 0.25) is 11.8 Å². The largest absolute Gasteiger partial charge is 0.396 e. The summed E-state index contributed by atoms with van der Waals surface area (Å²) in [7, 11) is 1.54. The van der Waals surface area contributed by atoms with Crippen LogP contribution >= 0.6 is 0 Å². The Hall–Kier alpha value is -2.74. The van der Waals surface area contributed by atoms with E-state index in [2.05, 4.69) is 10.2 Å². The first-order valence-electron chi connectivity index (χ1n) is 10.5. The van der Waals surface area contributed by atoms with Crippen molar-refractivity contribution in [3.05, 3.63) is 29.3 Å². The lowest BCUT2D eigenvalue weighted by molar-refractivity contribution is -0.136. The minimum atomic E-state index is -0.744. The van der Waals surface area contributed by atoms with Crippen LogP contribution in [-0.2, 0) is 9.59 Å². The molecular formula is C22H29N3O5. The first-order chi connectivity index (χ1) is 14.5. The summed E-state index contributed by atoms with van der Waals surface area (Å²) in [5.74, 6) is -0.676. The lowest BCUT2D eigenvalue weighted by Crippen LogP contribution is -2.53. The first kappa shape index (κ1) is 22.0. The molecular weight excluding hydrogens is 386 g/mol. The fraction of sp³-hybridized carbons (Fsp3) is 0.545. The summed E-state index contributed by atoms with van der Waals surface area (Å²) in [4.78, 5) is 52.2. The van der Waals surface area contributed by atoms with E-state index in [4.69, 9.17) is 5.11 Å². The van der Waals surface area contributed by atoms with Gasteiger partial charge in [-0.2, -0.15) is 0 Å². The molecule has 1 unspecified atom stereocenters. The number of piperidine rings is 2. The van der Waals surface area contributed by atoms with Crippen LogP contribution in [-0.4, -0.2) is 66.8 Å². The molecule has 30 heavy (non-hydrogen) atoms. The second kappa shape index (κ2) is 9.84. The smallest absolute Gasteiger partial charge is 0.257 e. The van der Waals surface area contributed by atoms with Crippen molar-refractivity contribution >= 4 is 29.7 Å². The van der Waals surface area contributed by atoms with E-state index in [1.165, 1.54) is 11.9 Å². The number of aldehydes is 1. The SMILES string of the molecule is CN(C(=O)c1c(C=O)cccc1N1CCC(CCCO)CC1)C1CCC(=O)NC1=O. The molecule has 2 aliphatic rings. The summed E-state index contributed by atoms with van der Waals surface area (Å²) >= 11 is 0. The molecule has 3 rings (SSSR count). The number of aliphatic hydroxyl groups is 1. The second-order valence-electron chi connectivity index (χ2n) is 8.04. The van der Waals surface area contributed by atoms with Crippen molar-refractivity contribution in [2.24, 2.45) is 5.92 Å². The van der Waals surface area contributed by atoms with Crippen molar-refractivity contribution in [3.8, 4) is 0 Å². The van der Waals surface area contributed by atoms with Crippen molar-refractivity contribution < 1.29 is 24.3 Å². The normalized spacial score (nSPS) is 20.1. The van der Waals surface area contributed by atoms with Crippen LogP contribution < -0.4 is 10.2 Å². The zero-order valence-corrected chi connectivity index (χ0v) is 17.3. The molecule has 0 aliphatic carbocycles.